The molecular weight excluding hydrogens is 384 g/mol. The van der Waals surface area contributed by atoms with Gasteiger partial charge in [-0.2, -0.15) is 0 Å². The monoisotopic (exact) mass is 396 g/mol. The molecule has 3 nitrogen and oxygen atoms in total. The Kier molecular flexibility index (Phi) is 4.50. The number of rotatable bonds is 2. The number of aryl methyl sites for hydroxylation is 2. The van der Waals surface area contributed by atoms with Gasteiger partial charge in [0.1, 0.15) is 0 Å². The van der Waals surface area contributed by atoms with Crippen molar-refractivity contribution in [3.8, 4) is 0 Å². The lowest BCUT2D eigenvalue weighted by Crippen LogP contribution is -2.15. The van der Waals surface area contributed by atoms with Crippen LogP contribution in [0.2, 0.25) is 0 Å². The molecule has 0 fully saturated rings. The van der Waals surface area contributed by atoms with Crippen molar-refractivity contribution >= 4 is 49.1 Å². The number of carbonyl (C=O) groups excluding carboxylic acids is 1. The van der Waals surface area contributed by atoms with Gasteiger partial charge in [-0.25, -0.2) is 0 Å². The molecule has 0 aromatic heterocycles. The average Bonchev–Trinajstić information content (AvgIpc) is 2.36. The fourth-order valence-corrected chi connectivity index (χ4v) is 2.97. The summed E-state index contributed by atoms with van der Waals surface area (Å²) in [5.74, 6) is -0.181. The van der Waals surface area contributed by atoms with Crippen LogP contribution < -0.4 is 11.1 Å². The molecule has 0 aliphatic heterocycles. The molecular formula is C15H14Br2N2O. The Balaban J connectivity index is 2.35. The fraction of sp³-hybridized carbons (Fsp3) is 0.133. The van der Waals surface area contributed by atoms with E-state index in [1.165, 1.54) is 0 Å². The summed E-state index contributed by atoms with van der Waals surface area (Å²) >= 11 is 6.80. The van der Waals surface area contributed by atoms with Gasteiger partial charge in [-0.05, 0) is 65.2 Å². The first-order chi connectivity index (χ1) is 9.38. The van der Waals surface area contributed by atoms with Crippen molar-refractivity contribution in [1.82, 2.24) is 0 Å². The van der Waals surface area contributed by atoms with Crippen molar-refractivity contribution in [2.75, 3.05) is 11.1 Å². The minimum atomic E-state index is -0.181. The van der Waals surface area contributed by atoms with Gasteiger partial charge < -0.3 is 11.1 Å². The summed E-state index contributed by atoms with van der Waals surface area (Å²) in [5.41, 5.74) is 9.66. The number of anilines is 2. The summed E-state index contributed by atoms with van der Waals surface area (Å²) in [6, 6.07) is 9.34. The van der Waals surface area contributed by atoms with E-state index >= 15 is 0 Å². The Morgan fingerprint density at radius 2 is 1.85 bits per heavy atom. The first kappa shape index (κ1) is 15.1. The van der Waals surface area contributed by atoms with E-state index in [0.29, 0.717) is 16.9 Å². The Morgan fingerprint density at radius 3 is 2.50 bits per heavy atom. The number of halogens is 2. The maximum absolute atomic E-state index is 12.4. The van der Waals surface area contributed by atoms with Crippen LogP contribution in [0.3, 0.4) is 0 Å². The third kappa shape index (κ3) is 3.22. The van der Waals surface area contributed by atoms with E-state index in [0.717, 1.165) is 20.1 Å². The lowest BCUT2D eigenvalue weighted by atomic mass is 10.1. The molecule has 0 saturated carbocycles. The van der Waals surface area contributed by atoms with Crippen LogP contribution in [0.4, 0.5) is 11.4 Å². The Morgan fingerprint density at radius 1 is 1.15 bits per heavy atom. The molecule has 2 rings (SSSR count). The first-order valence-electron chi connectivity index (χ1n) is 6.01. The van der Waals surface area contributed by atoms with E-state index in [1.807, 2.05) is 38.1 Å². The van der Waals surface area contributed by atoms with Gasteiger partial charge in [0.25, 0.3) is 5.91 Å². The number of hydrogen-bond donors (Lipinski definition) is 2. The summed E-state index contributed by atoms with van der Waals surface area (Å²) in [4.78, 5) is 12.4. The van der Waals surface area contributed by atoms with Crippen molar-refractivity contribution in [1.29, 1.82) is 0 Å². The molecule has 0 spiro atoms. The molecule has 0 aliphatic carbocycles. The van der Waals surface area contributed by atoms with Crippen LogP contribution >= 0.6 is 31.9 Å². The molecule has 2 aromatic rings. The average molecular weight is 398 g/mol. The number of nitrogens with one attached hydrogen (secondary N) is 1. The van der Waals surface area contributed by atoms with E-state index in [9.17, 15) is 4.79 Å². The number of amides is 1. The van der Waals surface area contributed by atoms with E-state index in [1.54, 1.807) is 6.07 Å². The summed E-state index contributed by atoms with van der Waals surface area (Å²) in [5, 5.41) is 2.86. The van der Waals surface area contributed by atoms with E-state index < -0.39 is 0 Å². The zero-order chi connectivity index (χ0) is 14.9. The second-order valence-electron chi connectivity index (χ2n) is 4.62. The largest absolute Gasteiger partial charge is 0.397 e. The van der Waals surface area contributed by atoms with Crippen LogP contribution in [0.25, 0.3) is 0 Å². The van der Waals surface area contributed by atoms with Crippen LogP contribution in [0, 0.1) is 13.8 Å². The Bertz CT molecular complexity index is 661. The van der Waals surface area contributed by atoms with Gasteiger partial charge in [-0.3, -0.25) is 4.79 Å². The van der Waals surface area contributed by atoms with Crippen molar-refractivity contribution in [3.05, 3.63) is 56.0 Å². The molecule has 0 bridgehead atoms. The van der Waals surface area contributed by atoms with Gasteiger partial charge in [-0.1, -0.05) is 22.0 Å². The van der Waals surface area contributed by atoms with Crippen molar-refractivity contribution < 1.29 is 4.79 Å². The molecule has 5 heteroatoms. The van der Waals surface area contributed by atoms with E-state index in [2.05, 4.69) is 37.2 Å². The van der Waals surface area contributed by atoms with Crippen LogP contribution in [0.5, 0.6) is 0 Å². The number of nitrogens with two attached hydrogens (primary N) is 1. The third-order valence-corrected chi connectivity index (χ3v) is 4.07. The van der Waals surface area contributed by atoms with E-state index in [4.69, 9.17) is 5.73 Å². The highest BCUT2D eigenvalue weighted by molar-refractivity contribution is 9.10. The molecule has 0 unspecified atom stereocenters. The molecule has 3 N–H and O–H groups in total. The van der Waals surface area contributed by atoms with Crippen LogP contribution in [0.1, 0.15) is 21.5 Å². The quantitative estimate of drug-likeness (QED) is 0.723. The SMILES string of the molecule is Cc1cc(N)c(NC(=O)c2cc(Br)ccc2C)c(Br)c1. The fourth-order valence-electron chi connectivity index (χ4n) is 1.92. The highest BCUT2D eigenvalue weighted by Gasteiger charge is 2.13. The zero-order valence-electron chi connectivity index (χ0n) is 11.1. The van der Waals surface area contributed by atoms with Gasteiger partial charge in [0.15, 0.2) is 0 Å². The molecule has 104 valence electrons. The number of nitrogen functional groups attached to an aromatic ring is 1. The highest BCUT2D eigenvalue weighted by Crippen LogP contribution is 2.31. The van der Waals surface area contributed by atoms with Gasteiger partial charge in [0.2, 0.25) is 0 Å². The predicted octanol–water partition coefficient (Wildman–Crippen LogP) is 4.66. The molecule has 0 saturated heterocycles. The van der Waals surface area contributed by atoms with Crippen LogP contribution in [-0.4, -0.2) is 5.91 Å². The van der Waals surface area contributed by atoms with Crippen LogP contribution in [-0.2, 0) is 0 Å². The second-order valence-corrected chi connectivity index (χ2v) is 6.39. The standard InChI is InChI=1S/C15H14Br2N2O/c1-8-5-12(17)14(13(18)6-8)19-15(20)11-7-10(16)4-3-9(11)2/h3-7H,18H2,1-2H3,(H,19,20). The van der Waals surface area contributed by atoms with Crippen molar-refractivity contribution in [3.63, 3.8) is 0 Å². The minimum absolute atomic E-state index is 0.181. The van der Waals surface area contributed by atoms with Gasteiger partial charge in [0.05, 0.1) is 11.4 Å². The highest BCUT2D eigenvalue weighted by atomic mass is 79.9. The summed E-state index contributed by atoms with van der Waals surface area (Å²) in [6.45, 7) is 3.85. The topological polar surface area (TPSA) is 55.1 Å². The maximum Gasteiger partial charge on any atom is 0.256 e. The summed E-state index contributed by atoms with van der Waals surface area (Å²) in [6.07, 6.45) is 0. The lowest BCUT2D eigenvalue weighted by Gasteiger charge is -2.13. The molecule has 0 heterocycles. The van der Waals surface area contributed by atoms with Crippen molar-refractivity contribution in [2.24, 2.45) is 0 Å². The summed E-state index contributed by atoms with van der Waals surface area (Å²) in [7, 11) is 0. The number of carbonyl (C=O) groups is 1. The minimum Gasteiger partial charge on any atom is -0.397 e. The molecule has 20 heavy (non-hydrogen) atoms. The van der Waals surface area contributed by atoms with Gasteiger partial charge in [-0.15, -0.1) is 0 Å². The van der Waals surface area contributed by atoms with Gasteiger partial charge >= 0.3 is 0 Å². The number of benzene rings is 2. The molecule has 0 aliphatic rings. The van der Waals surface area contributed by atoms with Crippen LogP contribution in [0.15, 0.2) is 39.3 Å². The normalized spacial score (nSPS) is 10.4. The molecule has 0 radical (unpaired) electrons. The Hall–Kier alpha value is -1.33. The van der Waals surface area contributed by atoms with Gasteiger partial charge in [0, 0.05) is 14.5 Å². The predicted molar refractivity (Wildman–Crippen MR) is 90.1 cm³/mol. The molecule has 0 atom stereocenters. The zero-order valence-corrected chi connectivity index (χ0v) is 14.3. The number of hydrogen-bond acceptors (Lipinski definition) is 2. The van der Waals surface area contributed by atoms with Crippen molar-refractivity contribution in [2.45, 2.75) is 13.8 Å². The lowest BCUT2D eigenvalue weighted by molar-refractivity contribution is 0.102. The molecule has 1 amide bonds. The first-order valence-corrected chi connectivity index (χ1v) is 7.60. The molecule has 2 aromatic carbocycles. The smallest absolute Gasteiger partial charge is 0.256 e. The third-order valence-electron chi connectivity index (χ3n) is 2.95. The Labute approximate surface area is 134 Å². The summed E-state index contributed by atoms with van der Waals surface area (Å²) < 4.78 is 1.64. The van der Waals surface area contributed by atoms with E-state index in [-0.39, 0.29) is 5.91 Å². The maximum atomic E-state index is 12.4. The second kappa shape index (κ2) is 5.97.